The van der Waals surface area contributed by atoms with Crippen LogP contribution in [-0.2, 0) is 4.74 Å². The largest absolute Gasteiger partial charge is 0.496 e. The third-order valence-corrected chi connectivity index (χ3v) is 5.29. The van der Waals surface area contributed by atoms with E-state index in [1.165, 1.54) is 11.1 Å². The zero-order valence-electron chi connectivity index (χ0n) is 22.3. The van der Waals surface area contributed by atoms with Crippen molar-refractivity contribution in [3.05, 3.63) is 83.1 Å². The van der Waals surface area contributed by atoms with Crippen LogP contribution in [0.2, 0.25) is 0 Å². The number of allylic oxidation sites excluding steroid dienone is 4. The van der Waals surface area contributed by atoms with Crippen molar-refractivity contribution in [2.24, 2.45) is 4.99 Å². The molecular formula is C30H44N2O2. The van der Waals surface area contributed by atoms with Crippen molar-refractivity contribution in [2.75, 3.05) is 26.9 Å². The lowest BCUT2D eigenvalue weighted by molar-refractivity contribution is 0.161. The van der Waals surface area contributed by atoms with E-state index < -0.39 is 0 Å². The second-order valence-corrected chi connectivity index (χ2v) is 7.87. The molecule has 34 heavy (non-hydrogen) atoms. The van der Waals surface area contributed by atoms with E-state index in [0.29, 0.717) is 13.2 Å². The third kappa shape index (κ3) is 9.56. The maximum Gasteiger partial charge on any atom is 0.133 e. The van der Waals surface area contributed by atoms with E-state index in [-0.39, 0.29) is 0 Å². The molecular weight excluding hydrogens is 420 g/mol. The Labute approximate surface area is 207 Å². The van der Waals surface area contributed by atoms with Crippen LogP contribution < -0.4 is 10.1 Å². The highest BCUT2D eigenvalue weighted by Gasteiger charge is 2.16. The Balaban J connectivity index is 0.00000281. The summed E-state index contributed by atoms with van der Waals surface area (Å²) < 4.78 is 11.2. The van der Waals surface area contributed by atoms with Crippen molar-refractivity contribution in [3.63, 3.8) is 0 Å². The van der Waals surface area contributed by atoms with Crippen molar-refractivity contribution >= 4 is 11.4 Å². The number of rotatable bonds is 10. The molecule has 0 fully saturated rings. The first-order valence-corrected chi connectivity index (χ1v) is 12.4. The average Bonchev–Trinajstić information content (AvgIpc) is 2.87. The zero-order valence-corrected chi connectivity index (χ0v) is 22.3. The van der Waals surface area contributed by atoms with Gasteiger partial charge in [-0.1, -0.05) is 70.2 Å². The van der Waals surface area contributed by atoms with Gasteiger partial charge in [-0.2, -0.15) is 0 Å². The second kappa shape index (κ2) is 16.7. The van der Waals surface area contributed by atoms with Crippen LogP contribution in [0.5, 0.6) is 5.75 Å². The minimum absolute atomic E-state index is 0.515. The van der Waals surface area contributed by atoms with Crippen LogP contribution in [0.25, 0.3) is 5.57 Å². The molecule has 1 aromatic rings. The normalized spacial score (nSPS) is 14.6. The molecule has 0 saturated carbocycles. The molecule has 4 heteroatoms. The SMILES string of the molecule is C=C(/C=C\C(C)=C\CC)CN=C(N/C=C/CC)c1cc(C2=CCOCC2)cc(OC)c1C.CC. The number of aliphatic imine (C=N–C) groups is 1. The zero-order chi connectivity index (χ0) is 25.3. The van der Waals surface area contributed by atoms with E-state index in [2.05, 4.69) is 76.0 Å². The van der Waals surface area contributed by atoms with Gasteiger partial charge in [-0.15, -0.1) is 0 Å². The van der Waals surface area contributed by atoms with Gasteiger partial charge in [0.25, 0.3) is 0 Å². The molecule has 0 amide bonds. The van der Waals surface area contributed by atoms with Gasteiger partial charge in [0.1, 0.15) is 11.6 Å². The van der Waals surface area contributed by atoms with Crippen LogP contribution in [0, 0.1) is 6.92 Å². The summed E-state index contributed by atoms with van der Waals surface area (Å²) in [6.45, 7) is 18.5. The van der Waals surface area contributed by atoms with Crippen LogP contribution in [0.15, 0.2) is 71.4 Å². The molecule has 0 spiro atoms. The van der Waals surface area contributed by atoms with Crippen LogP contribution in [-0.4, -0.2) is 32.7 Å². The molecule has 0 radical (unpaired) electrons. The van der Waals surface area contributed by atoms with Gasteiger partial charge in [-0.25, -0.2) is 0 Å². The lowest BCUT2D eigenvalue weighted by Crippen LogP contribution is -2.21. The van der Waals surface area contributed by atoms with Crippen molar-refractivity contribution in [1.29, 1.82) is 0 Å². The van der Waals surface area contributed by atoms with Crippen molar-refractivity contribution < 1.29 is 9.47 Å². The van der Waals surface area contributed by atoms with E-state index in [1.54, 1.807) is 7.11 Å². The lowest BCUT2D eigenvalue weighted by Gasteiger charge is -2.19. The molecule has 2 rings (SSSR count). The quantitative estimate of drug-likeness (QED) is 0.221. The predicted molar refractivity (Wildman–Crippen MR) is 149 cm³/mol. The van der Waals surface area contributed by atoms with E-state index in [4.69, 9.17) is 14.5 Å². The van der Waals surface area contributed by atoms with Crippen molar-refractivity contribution in [1.82, 2.24) is 5.32 Å². The van der Waals surface area contributed by atoms with E-state index in [1.807, 2.05) is 26.1 Å². The number of amidine groups is 1. The molecule has 1 N–H and O–H groups in total. The molecule has 1 aromatic carbocycles. The lowest BCUT2D eigenvalue weighted by atomic mass is 9.95. The van der Waals surface area contributed by atoms with Gasteiger partial charge in [0.2, 0.25) is 0 Å². The number of nitrogens with zero attached hydrogens (tertiary/aromatic N) is 1. The number of ether oxygens (including phenoxy) is 2. The summed E-state index contributed by atoms with van der Waals surface area (Å²) in [7, 11) is 1.72. The van der Waals surface area contributed by atoms with Crippen LogP contribution in [0.4, 0.5) is 0 Å². The number of hydrogen-bond acceptors (Lipinski definition) is 3. The summed E-state index contributed by atoms with van der Waals surface area (Å²) in [4.78, 5) is 4.90. The highest BCUT2D eigenvalue weighted by Crippen LogP contribution is 2.30. The van der Waals surface area contributed by atoms with Gasteiger partial charge in [0, 0.05) is 11.1 Å². The third-order valence-electron chi connectivity index (χ3n) is 5.29. The topological polar surface area (TPSA) is 42.9 Å². The fourth-order valence-electron chi connectivity index (χ4n) is 3.46. The Kier molecular flexibility index (Phi) is 14.3. The Morgan fingerprint density at radius 3 is 2.59 bits per heavy atom. The van der Waals surface area contributed by atoms with Gasteiger partial charge >= 0.3 is 0 Å². The van der Waals surface area contributed by atoms with E-state index in [9.17, 15) is 0 Å². The summed E-state index contributed by atoms with van der Waals surface area (Å²) in [5.41, 5.74) is 6.72. The molecule has 1 heterocycles. The van der Waals surface area contributed by atoms with Crippen LogP contribution in [0.1, 0.15) is 70.6 Å². The first-order chi connectivity index (χ1) is 16.5. The van der Waals surface area contributed by atoms with E-state index >= 15 is 0 Å². The predicted octanol–water partition coefficient (Wildman–Crippen LogP) is 7.56. The molecule has 186 valence electrons. The Morgan fingerprint density at radius 1 is 1.21 bits per heavy atom. The van der Waals surface area contributed by atoms with Gasteiger partial charge in [-0.3, -0.25) is 4.99 Å². The smallest absolute Gasteiger partial charge is 0.133 e. The van der Waals surface area contributed by atoms with Crippen molar-refractivity contribution in [2.45, 2.75) is 60.8 Å². The first-order valence-electron chi connectivity index (χ1n) is 12.4. The summed E-state index contributed by atoms with van der Waals surface area (Å²) in [5, 5.41) is 3.39. The minimum Gasteiger partial charge on any atom is -0.496 e. The molecule has 0 aromatic heterocycles. The molecule has 0 atom stereocenters. The summed E-state index contributed by atoms with van der Waals surface area (Å²) in [6.07, 6.45) is 15.4. The number of methoxy groups -OCH3 is 1. The van der Waals surface area contributed by atoms with Crippen molar-refractivity contribution in [3.8, 4) is 5.75 Å². The Morgan fingerprint density at radius 2 is 1.97 bits per heavy atom. The number of benzene rings is 1. The van der Waals surface area contributed by atoms with Gasteiger partial charge in [0.15, 0.2) is 0 Å². The number of hydrogen-bond donors (Lipinski definition) is 1. The van der Waals surface area contributed by atoms with E-state index in [0.717, 1.165) is 59.7 Å². The highest BCUT2D eigenvalue weighted by molar-refractivity contribution is 6.02. The maximum atomic E-state index is 5.71. The van der Waals surface area contributed by atoms with Crippen LogP contribution >= 0.6 is 0 Å². The molecule has 0 saturated heterocycles. The summed E-state index contributed by atoms with van der Waals surface area (Å²) >= 11 is 0. The summed E-state index contributed by atoms with van der Waals surface area (Å²) in [5.74, 6) is 1.67. The molecule has 0 unspecified atom stereocenters. The fourth-order valence-corrected chi connectivity index (χ4v) is 3.46. The van der Waals surface area contributed by atoms with Crippen LogP contribution in [0.3, 0.4) is 0 Å². The average molecular weight is 465 g/mol. The minimum atomic E-state index is 0.515. The Bertz CT molecular complexity index is 933. The molecule has 4 nitrogen and oxygen atoms in total. The van der Waals surface area contributed by atoms with Gasteiger partial charge in [-0.05, 0) is 68.2 Å². The summed E-state index contributed by atoms with van der Waals surface area (Å²) in [6, 6.07) is 4.31. The van der Waals surface area contributed by atoms with Gasteiger partial charge < -0.3 is 14.8 Å². The molecule has 0 bridgehead atoms. The molecule has 1 aliphatic rings. The fraction of sp³-hybridized carbons (Fsp3) is 0.433. The monoisotopic (exact) mass is 464 g/mol. The Hall–Kier alpha value is -2.85. The first kappa shape index (κ1) is 29.2. The molecule has 0 aliphatic carbocycles. The maximum absolute atomic E-state index is 5.71. The second-order valence-electron chi connectivity index (χ2n) is 7.87. The highest BCUT2D eigenvalue weighted by atomic mass is 16.5. The van der Waals surface area contributed by atoms with Gasteiger partial charge in [0.05, 0.1) is 26.9 Å². The standard InChI is InChI=1S/C28H38N2O2.C2H6/c1-7-9-15-29-28(30-20-22(4)12-11-21(3)10-8-2)26-18-25(19-27(31-6)23(26)5)24-13-16-32-17-14-24;1-2/h9-13,15,18-19H,4,7-8,14,16-17,20H2,1-3,5-6H3,(H,29,30);1-2H3/b12-11-,15-9+,21-10+;. The molecule has 1 aliphatic heterocycles. The number of nitrogens with one attached hydrogen (secondary N) is 1.